The third-order valence-electron chi connectivity index (χ3n) is 4.61. The first-order valence-electron chi connectivity index (χ1n) is 8.67. The molecule has 24 heavy (non-hydrogen) atoms. The summed E-state index contributed by atoms with van der Waals surface area (Å²) in [5.41, 5.74) is 1.65. The van der Waals surface area contributed by atoms with Gasteiger partial charge in [0, 0.05) is 11.1 Å². The second kappa shape index (κ2) is 7.12. The summed E-state index contributed by atoms with van der Waals surface area (Å²) >= 11 is 0. The van der Waals surface area contributed by atoms with Crippen molar-refractivity contribution >= 4 is 5.91 Å². The molecule has 1 unspecified atom stereocenters. The monoisotopic (exact) mass is 327 g/mol. The number of aryl methyl sites for hydroxylation is 2. The van der Waals surface area contributed by atoms with E-state index in [0.717, 1.165) is 35.7 Å². The second-order valence-electron chi connectivity index (χ2n) is 6.61. The molecule has 1 aromatic heterocycles. The molecule has 1 heterocycles. The normalized spacial score (nSPS) is 16.1. The maximum absolute atomic E-state index is 12.4. The number of ether oxygens (including phenoxy) is 1. The highest BCUT2D eigenvalue weighted by Gasteiger charge is 2.18. The Morgan fingerprint density at radius 2 is 1.88 bits per heavy atom. The number of carbonyl (C=O) groups excluding carboxylic acids is 1. The molecular weight excluding hydrogens is 302 g/mol. The average molecular weight is 327 g/mol. The molecule has 1 amide bonds. The lowest BCUT2D eigenvalue weighted by atomic mass is 10.1. The second-order valence-corrected chi connectivity index (χ2v) is 6.61. The molecule has 1 saturated carbocycles. The van der Waals surface area contributed by atoms with Crippen molar-refractivity contribution in [3.05, 3.63) is 53.0 Å². The van der Waals surface area contributed by atoms with E-state index in [9.17, 15) is 4.79 Å². The Hall–Kier alpha value is -2.23. The molecule has 1 aromatic carbocycles. The van der Waals surface area contributed by atoms with Crippen LogP contribution >= 0.6 is 0 Å². The van der Waals surface area contributed by atoms with Gasteiger partial charge in [-0.05, 0) is 76.8 Å². The van der Waals surface area contributed by atoms with Crippen molar-refractivity contribution in [3.63, 3.8) is 0 Å². The lowest BCUT2D eigenvalue weighted by molar-refractivity contribution is 0.0939. The van der Waals surface area contributed by atoms with Gasteiger partial charge in [0.1, 0.15) is 17.3 Å². The molecule has 1 fully saturated rings. The SMILES string of the molecule is Cc1cc(C(C)NC(=O)c2ccc(OC3CCCC3)cc2)c(C)o1. The van der Waals surface area contributed by atoms with Crippen molar-refractivity contribution in [2.24, 2.45) is 0 Å². The summed E-state index contributed by atoms with van der Waals surface area (Å²) in [6, 6.07) is 9.28. The molecule has 4 nitrogen and oxygen atoms in total. The molecule has 3 rings (SSSR count). The minimum absolute atomic E-state index is 0.0897. The number of hydrogen-bond donors (Lipinski definition) is 1. The number of nitrogens with one attached hydrogen (secondary N) is 1. The molecule has 0 saturated heterocycles. The molecule has 0 aliphatic heterocycles. The van der Waals surface area contributed by atoms with Gasteiger partial charge in [-0.1, -0.05) is 0 Å². The van der Waals surface area contributed by atoms with Gasteiger partial charge in [0.25, 0.3) is 5.91 Å². The van der Waals surface area contributed by atoms with E-state index in [-0.39, 0.29) is 11.9 Å². The van der Waals surface area contributed by atoms with Crippen LogP contribution in [-0.2, 0) is 0 Å². The van der Waals surface area contributed by atoms with Gasteiger partial charge in [-0.3, -0.25) is 4.79 Å². The first-order chi connectivity index (χ1) is 11.5. The van der Waals surface area contributed by atoms with Crippen molar-refractivity contribution < 1.29 is 13.9 Å². The zero-order chi connectivity index (χ0) is 17.1. The lowest BCUT2D eigenvalue weighted by Crippen LogP contribution is -2.26. The molecule has 0 radical (unpaired) electrons. The van der Waals surface area contributed by atoms with Gasteiger partial charge < -0.3 is 14.5 Å². The van der Waals surface area contributed by atoms with Crippen LogP contribution in [0.5, 0.6) is 5.75 Å². The van der Waals surface area contributed by atoms with E-state index in [1.165, 1.54) is 12.8 Å². The number of amides is 1. The molecule has 0 spiro atoms. The molecular formula is C20H25NO3. The summed E-state index contributed by atoms with van der Waals surface area (Å²) in [7, 11) is 0. The van der Waals surface area contributed by atoms with Crippen LogP contribution in [0, 0.1) is 13.8 Å². The Balaban J connectivity index is 1.61. The van der Waals surface area contributed by atoms with Gasteiger partial charge in [0.2, 0.25) is 0 Å². The van der Waals surface area contributed by atoms with E-state index in [4.69, 9.17) is 9.15 Å². The van der Waals surface area contributed by atoms with Crippen molar-refractivity contribution in [1.29, 1.82) is 0 Å². The fourth-order valence-corrected chi connectivity index (χ4v) is 3.32. The molecule has 1 N–H and O–H groups in total. The topological polar surface area (TPSA) is 51.5 Å². The maximum Gasteiger partial charge on any atom is 0.251 e. The Morgan fingerprint density at radius 1 is 1.21 bits per heavy atom. The van der Waals surface area contributed by atoms with Crippen molar-refractivity contribution in [2.45, 2.75) is 58.6 Å². The molecule has 0 bridgehead atoms. The Morgan fingerprint density at radius 3 is 2.46 bits per heavy atom. The van der Waals surface area contributed by atoms with Gasteiger partial charge >= 0.3 is 0 Å². The predicted molar refractivity (Wildman–Crippen MR) is 93.4 cm³/mol. The summed E-state index contributed by atoms with van der Waals surface area (Å²) < 4.78 is 11.5. The lowest BCUT2D eigenvalue weighted by Gasteiger charge is -2.15. The van der Waals surface area contributed by atoms with E-state index in [1.807, 2.05) is 51.1 Å². The fourth-order valence-electron chi connectivity index (χ4n) is 3.32. The predicted octanol–water partition coefficient (Wildman–Crippen LogP) is 4.71. The zero-order valence-electron chi connectivity index (χ0n) is 14.6. The molecule has 1 aliphatic carbocycles. The van der Waals surface area contributed by atoms with Crippen molar-refractivity contribution in [3.8, 4) is 5.75 Å². The van der Waals surface area contributed by atoms with Crippen molar-refractivity contribution in [1.82, 2.24) is 5.32 Å². The summed E-state index contributed by atoms with van der Waals surface area (Å²) in [6.07, 6.45) is 5.08. The summed E-state index contributed by atoms with van der Waals surface area (Å²) in [4.78, 5) is 12.4. The zero-order valence-corrected chi connectivity index (χ0v) is 14.6. The highest BCUT2D eigenvalue weighted by Crippen LogP contribution is 2.25. The van der Waals surface area contributed by atoms with Gasteiger partial charge in [-0.25, -0.2) is 0 Å². The van der Waals surface area contributed by atoms with Crippen LogP contribution in [0.3, 0.4) is 0 Å². The number of rotatable bonds is 5. The van der Waals surface area contributed by atoms with Crippen LogP contribution in [-0.4, -0.2) is 12.0 Å². The number of carbonyl (C=O) groups is 1. The molecule has 4 heteroatoms. The first-order valence-corrected chi connectivity index (χ1v) is 8.67. The Kier molecular flexibility index (Phi) is 4.93. The molecule has 2 aromatic rings. The summed E-state index contributed by atoms with van der Waals surface area (Å²) in [5.74, 6) is 2.46. The average Bonchev–Trinajstić information content (AvgIpc) is 3.17. The van der Waals surface area contributed by atoms with Gasteiger partial charge in [0.15, 0.2) is 0 Å². The van der Waals surface area contributed by atoms with Crippen LogP contribution in [0.25, 0.3) is 0 Å². The van der Waals surface area contributed by atoms with E-state index in [1.54, 1.807) is 0 Å². The minimum Gasteiger partial charge on any atom is -0.490 e. The largest absolute Gasteiger partial charge is 0.490 e. The maximum atomic E-state index is 12.4. The smallest absolute Gasteiger partial charge is 0.251 e. The first kappa shape index (κ1) is 16.6. The van der Waals surface area contributed by atoms with Crippen molar-refractivity contribution in [2.75, 3.05) is 0 Å². The highest BCUT2D eigenvalue weighted by atomic mass is 16.5. The minimum atomic E-state index is -0.0932. The Bertz CT molecular complexity index is 696. The van der Waals surface area contributed by atoms with E-state index in [0.29, 0.717) is 11.7 Å². The quantitative estimate of drug-likeness (QED) is 0.865. The van der Waals surface area contributed by atoms with E-state index in [2.05, 4.69) is 5.32 Å². The third kappa shape index (κ3) is 3.81. The third-order valence-corrected chi connectivity index (χ3v) is 4.61. The molecule has 1 aliphatic rings. The van der Waals surface area contributed by atoms with Gasteiger partial charge in [-0.2, -0.15) is 0 Å². The van der Waals surface area contributed by atoms with E-state index < -0.39 is 0 Å². The number of benzene rings is 1. The number of hydrogen-bond acceptors (Lipinski definition) is 3. The highest BCUT2D eigenvalue weighted by molar-refractivity contribution is 5.94. The Labute approximate surface area is 143 Å². The van der Waals surface area contributed by atoms with Crippen LogP contribution in [0.15, 0.2) is 34.7 Å². The van der Waals surface area contributed by atoms with Gasteiger partial charge in [0.05, 0.1) is 12.1 Å². The standard InChI is InChI=1S/C20H25NO3/c1-13-12-19(15(3)23-13)14(2)21-20(22)16-8-10-18(11-9-16)24-17-6-4-5-7-17/h8-12,14,17H,4-7H2,1-3H3,(H,21,22). The fraction of sp³-hybridized carbons (Fsp3) is 0.450. The van der Waals surface area contributed by atoms with Crippen LogP contribution in [0.1, 0.15) is 66.1 Å². The molecule has 1 atom stereocenters. The summed E-state index contributed by atoms with van der Waals surface area (Å²) in [6.45, 7) is 5.79. The van der Waals surface area contributed by atoms with Crippen LogP contribution < -0.4 is 10.1 Å². The molecule has 128 valence electrons. The van der Waals surface area contributed by atoms with Crippen LogP contribution in [0.4, 0.5) is 0 Å². The van der Waals surface area contributed by atoms with Gasteiger partial charge in [-0.15, -0.1) is 0 Å². The number of furan rings is 1. The van der Waals surface area contributed by atoms with E-state index >= 15 is 0 Å². The summed E-state index contributed by atoms with van der Waals surface area (Å²) in [5, 5.41) is 3.02. The van der Waals surface area contributed by atoms with Crippen LogP contribution in [0.2, 0.25) is 0 Å².